The molecule has 0 radical (unpaired) electrons. The van der Waals surface area contributed by atoms with Gasteiger partial charge in [0.1, 0.15) is 5.82 Å². The average molecular weight is 336 g/mol. The molecule has 1 fully saturated rings. The van der Waals surface area contributed by atoms with E-state index in [2.05, 4.69) is 35.5 Å². The summed E-state index contributed by atoms with van der Waals surface area (Å²) in [7, 11) is 0. The van der Waals surface area contributed by atoms with Crippen LogP contribution < -0.4 is 5.32 Å². The van der Waals surface area contributed by atoms with Gasteiger partial charge in [0.15, 0.2) is 5.65 Å². The van der Waals surface area contributed by atoms with Crippen molar-refractivity contribution >= 4 is 11.5 Å². The molecule has 5 heteroatoms. The summed E-state index contributed by atoms with van der Waals surface area (Å²) >= 11 is 0. The van der Waals surface area contributed by atoms with Crippen molar-refractivity contribution < 1.29 is 4.74 Å². The van der Waals surface area contributed by atoms with E-state index < -0.39 is 0 Å². The first kappa shape index (κ1) is 16.1. The summed E-state index contributed by atoms with van der Waals surface area (Å²) < 4.78 is 7.64. The topological polar surface area (TPSA) is 51.5 Å². The highest BCUT2D eigenvalue weighted by atomic mass is 16.5. The zero-order valence-electron chi connectivity index (χ0n) is 14.6. The molecule has 2 aromatic heterocycles. The Hall–Kier alpha value is -2.40. The zero-order valence-corrected chi connectivity index (χ0v) is 14.6. The Bertz CT molecular complexity index is 838. The third-order valence-electron chi connectivity index (χ3n) is 4.65. The third-order valence-corrected chi connectivity index (χ3v) is 4.65. The number of fused-ring (bicyclic) bond motifs is 1. The van der Waals surface area contributed by atoms with Crippen molar-refractivity contribution in [3.8, 4) is 11.1 Å². The number of ether oxygens (including phenoxy) is 1. The Labute approximate surface area is 148 Å². The van der Waals surface area contributed by atoms with Crippen molar-refractivity contribution in [2.24, 2.45) is 0 Å². The predicted octanol–water partition coefficient (Wildman–Crippen LogP) is 3.94. The van der Waals surface area contributed by atoms with Gasteiger partial charge >= 0.3 is 0 Å². The van der Waals surface area contributed by atoms with Gasteiger partial charge in [-0.3, -0.25) is 0 Å². The molecule has 0 spiro atoms. The lowest BCUT2D eigenvalue weighted by atomic mass is 10.1. The molecule has 5 nitrogen and oxygen atoms in total. The molecule has 3 heterocycles. The van der Waals surface area contributed by atoms with E-state index in [1.165, 1.54) is 0 Å². The number of hydrogen-bond donors (Lipinski definition) is 1. The number of nitrogens with zero attached hydrogens (tertiary/aromatic N) is 3. The Kier molecular flexibility index (Phi) is 4.65. The molecule has 1 aliphatic rings. The lowest BCUT2D eigenvalue weighted by Crippen LogP contribution is -2.20. The van der Waals surface area contributed by atoms with Crippen molar-refractivity contribution in [3.05, 3.63) is 48.3 Å². The van der Waals surface area contributed by atoms with Gasteiger partial charge in [0.25, 0.3) is 0 Å². The van der Waals surface area contributed by atoms with Gasteiger partial charge in [0, 0.05) is 30.5 Å². The molecule has 0 aliphatic carbocycles. The molecule has 0 amide bonds. The number of hydrogen-bond acceptors (Lipinski definition) is 4. The van der Waals surface area contributed by atoms with Crippen LogP contribution in [0.4, 0.5) is 5.82 Å². The minimum absolute atomic E-state index is 0.294. The Morgan fingerprint density at radius 3 is 2.92 bits per heavy atom. The zero-order chi connectivity index (χ0) is 17.1. The van der Waals surface area contributed by atoms with Gasteiger partial charge in [-0.05, 0) is 24.8 Å². The van der Waals surface area contributed by atoms with Gasteiger partial charge in [-0.15, -0.1) is 0 Å². The molecule has 0 saturated carbocycles. The van der Waals surface area contributed by atoms with Crippen molar-refractivity contribution in [3.63, 3.8) is 0 Å². The Morgan fingerprint density at radius 2 is 2.16 bits per heavy atom. The number of aryl methyl sites for hydroxylation is 1. The maximum atomic E-state index is 5.73. The molecule has 130 valence electrons. The molecule has 0 bridgehead atoms. The summed E-state index contributed by atoms with van der Waals surface area (Å²) in [6.45, 7) is 3.87. The first-order valence-corrected chi connectivity index (χ1v) is 9.13. The number of rotatable bonds is 6. The fourth-order valence-corrected chi connectivity index (χ4v) is 3.37. The Balaban J connectivity index is 1.72. The van der Waals surface area contributed by atoms with E-state index in [1.54, 1.807) is 0 Å². The number of benzene rings is 1. The van der Waals surface area contributed by atoms with E-state index in [-0.39, 0.29) is 0 Å². The highest BCUT2D eigenvalue weighted by Crippen LogP contribution is 2.26. The maximum Gasteiger partial charge on any atom is 0.165 e. The van der Waals surface area contributed by atoms with Crippen LogP contribution in [-0.4, -0.2) is 33.9 Å². The van der Waals surface area contributed by atoms with Gasteiger partial charge in [0.05, 0.1) is 12.3 Å². The molecular formula is C20H24N4O. The minimum atomic E-state index is 0.294. The Morgan fingerprint density at radius 1 is 1.28 bits per heavy atom. The quantitative estimate of drug-likeness (QED) is 0.741. The van der Waals surface area contributed by atoms with Gasteiger partial charge in [-0.1, -0.05) is 43.7 Å². The molecule has 1 N–H and O–H groups in total. The highest BCUT2D eigenvalue weighted by molar-refractivity contribution is 5.78. The minimum Gasteiger partial charge on any atom is -0.376 e. The van der Waals surface area contributed by atoms with Crippen molar-refractivity contribution in [1.29, 1.82) is 0 Å². The maximum absolute atomic E-state index is 5.73. The van der Waals surface area contributed by atoms with Crippen LogP contribution in [0.25, 0.3) is 16.8 Å². The summed E-state index contributed by atoms with van der Waals surface area (Å²) in [6.07, 6.45) is 6.51. The third kappa shape index (κ3) is 3.37. The molecule has 1 aromatic carbocycles. The fraction of sp³-hybridized carbons (Fsp3) is 0.400. The second-order valence-corrected chi connectivity index (χ2v) is 6.56. The van der Waals surface area contributed by atoms with Gasteiger partial charge < -0.3 is 10.1 Å². The van der Waals surface area contributed by atoms with E-state index in [0.29, 0.717) is 6.10 Å². The number of aromatic nitrogens is 3. The molecule has 25 heavy (non-hydrogen) atoms. The fourth-order valence-electron chi connectivity index (χ4n) is 3.37. The van der Waals surface area contributed by atoms with Gasteiger partial charge in [-0.25, -0.2) is 4.98 Å². The van der Waals surface area contributed by atoms with Crippen LogP contribution in [0.2, 0.25) is 0 Å². The number of anilines is 1. The molecule has 1 aliphatic heterocycles. The van der Waals surface area contributed by atoms with Crippen LogP contribution in [0.3, 0.4) is 0 Å². The monoisotopic (exact) mass is 336 g/mol. The predicted molar refractivity (Wildman–Crippen MR) is 99.9 cm³/mol. The van der Waals surface area contributed by atoms with Crippen molar-refractivity contribution in [2.75, 3.05) is 18.5 Å². The summed E-state index contributed by atoms with van der Waals surface area (Å²) in [5.41, 5.74) is 4.22. The van der Waals surface area contributed by atoms with Crippen LogP contribution >= 0.6 is 0 Å². The summed E-state index contributed by atoms with van der Waals surface area (Å²) in [5, 5.41) is 8.12. The second kappa shape index (κ2) is 7.23. The van der Waals surface area contributed by atoms with Crippen LogP contribution in [0, 0.1) is 0 Å². The molecular weight excluding hydrogens is 312 g/mol. The molecule has 3 aromatic rings. The molecule has 0 unspecified atom stereocenters. The lowest BCUT2D eigenvalue weighted by Gasteiger charge is -2.14. The van der Waals surface area contributed by atoms with Crippen LogP contribution in [0.15, 0.2) is 42.6 Å². The van der Waals surface area contributed by atoms with E-state index in [0.717, 1.165) is 67.1 Å². The normalized spacial score (nSPS) is 17.2. The van der Waals surface area contributed by atoms with E-state index in [4.69, 9.17) is 9.72 Å². The molecule has 1 saturated heterocycles. The molecule has 1 atom stereocenters. The summed E-state index contributed by atoms with van der Waals surface area (Å²) in [5.74, 6) is 0.992. The second-order valence-electron chi connectivity index (χ2n) is 6.56. The van der Waals surface area contributed by atoms with Crippen molar-refractivity contribution in [1.82, 2.24) is 14.6 Å². The summed E-state index contributed by atoms with van der Waals surface area (Å²) in [6, 6.07) is 12.4. The van der Waals surface area contributed by atoms with E-state index >= 15 is 0 Å². The van der Waals surface area contributed by atoms with Crippen LogP contribution in [0.1, 0.15) is 31.9 Å². The molecule has 4 rings (SSSR count). The number of nitrogens with one attached hydrogen (secondary N) is 1. The van der Waals surface area contributed by atoms with Crippen LogP contribution in [-0.2, 0) is 11.2 Å². The van der Waals surface area contributed by atoms with Gasteiger partial charge in [0.2, 0.25) is 0 Å². The first-order valence-electron chi connectivity index (χ1n) is 9.13. The van der Waals surface area contributed by atoms with E-state index in [9.17, 15) is 0 Å². The summed E-state index contributed by atoms with van der Waals surface area (Å²) in [4.78, 5) is 4.87. The van der Waals surface area contributed by atoms with Crippen LogP contribution in [0.5, 0.6) is 0 Å². The van der Waals surface area contributed by atoms with Crippen molar-refractivity contribution in [2.45, 2.75) is 38.7 Å². The average Bonchev–Trinajstić information content (AvgIpc) is 3.30. The van der Waals surface area contributed by atoms with E-state index in [1.807, 2.05) is 28.9 Å². The first-order chi connectivity index (χ1) is 12.3. The highest BCUT2D eigenvalue weighted by Gasteiger charge is 2.17. The smallest absolute Gasteiger partial charge is 0.165 e. The largest absolute Gasteiger partial charge is 0.376 e. The lowest BCUT2D eigenvalue weighted by molar-refractivity contribution is 0.120. The van der Waals surface area contributed by atoms with Gasteiger partial charge in [-0.2, -0.15) is 9.61 Å². The SMILES string of the molecule is CCCc1cc(NC[C@@H]2CCCO2)n2ncc(-c3ccccc3)c2n1. The standard InChI is InChI=1S/C20H24N4O/c1-2-7-16-12-19(21-13-17-10-6-11-25-17)24-20(23-16)18(14-22-24)15-8-4-3-5-9-15/h3-5,8-9,12,14,17,21H,2,6-7,10-11,13H2,1H3/t17-/m0/s1.